The summed E-state index contributed by atoms with van der Waals surface area (Å²) in [5, 5.41) is 0. The largest absolute Gasteiger partial charge is 0.352 e. The first-order chi connectivity index (χ1) is 9.36. The molecule has 3 heteroatoms. The third-order valence-corrected chi connectivity index (χ3v) is 3.95. The van der Waals surface area contributed by atoms with E-state index in [1.807, 2.05) is 12.3 Å². The van der Waals surface area contributed by atoms with Crippen molar-refractivity contribution in [2.45, 2.75) is 25.3 Å². The topological polar surface area (TPSA) is 16.1 Å². The second-order valence-corrected chi connectivity index (χ2v) is 5.22. The van der Waals surface area contributed by atoms with Gasteiger partial charge in [0.2, 0.25) is 0 Å². The molecule has 2 heterocycles. The van der Waals surface area contributed by atoms with Crippen molar-refractivity contribution in [3.63, 3.8) is 0 Å². The van der Waals surface area contributed by atoms with Gasteiger partial charge in [0.25, 0.3) is 0 Å². The molecule has 1 aliphatic heterocycles. The molecule has 0 bridgehead atoms. The number of pyridine rings is 1. The molecule has 0 aliphatic carbocycles. The zero-order valence-electron chi connectivity index (χ0n) is 10.8. The van der Waals surface area contributed by atoms with Gasteiger partial charge in [-0.2, -0.15) is 0 Å². The van der Waals surface area contributed by atoms with E-state index in [4.69, 9.17) is 11.6 Å². The summed E-state index contributed by atoms with van der Waals surface area (Å²) in [7, 11) is 0. The molecule has 1 aromatic heterocycles. The number of aromatic nitrogens is 1. The molecule has 0 saturated heterocycles. The Morgan fingerprint density at radius 3 is 2.84 bits per heavy atom. The quantitative estimate of drug-likeness (QED) is 0.774. The van der Waals surface area contributed by atoms with Crippen molar-refractivity contribution in [1.29, 1.82) is 0 Å². The van der Waals surface area contributed by atoms with E-state index in [0.717, 1.165) is 30.9 Å². The number of hydrogen-bond donors (Lipinski definition) is 0. The number of aryl methyl sites for hydroxylation is 1. The molecule has 1 aromatic carbocycles. The fourth-order valence-corrected chi connectivity index (χ4v) is 2.78. The number of hydrogen-bond acceptors (Lipinski definition) is 2. The van der Waals surface area contributed by atoms with Gasteiger partial charge in [-0.15, -0.1) is 11.6 Å². The Bertz CT molecular complexity index is 568. The van der Waals surface area contributed by atoms with Crippen LogP contribution in [0.25, 0.3) is 0 Å². The summed E-state index contributed by atoms with van der Waals surface area (Å²) in [5.74, 6) is 1.58. The third kappa shape index (κ3) is 2.74. The number of fused-ring (bicyclic) bond motifs is 1. The number of nitrogens with zero attached hydrogens (tertiary/aromatic N) is 2. The molecule has 0 saturated carbocycles. The molecule has 0 spiro atoms. The molecular weight excluding hydrogens is 256 g/mol. The molecule has 0 N–H and O–H groups in total. The molecule has 0 amide bonds. The van der Waals surface area contributed by atoms with Crippen molar-refractivity contribution in [2.24, 2.45) is 0 Å². The Hall–Kier alpha value is -1.54. The van der Waals surface area contributed by atoms with E-state index in [9.17, 15) is 0 Å². The van der Waals surface area contributed by atoms with Crippen LogP contribution in [0.15, 0.2) is 42.6 Å². The van der Waals surface area contributed by atoms with Gasteiger partial charge in [0.05, 0.1) is 0 Å². The van der Waals surface area contributed by atoms with E-state index in [-0.39, 0.29) is 0 Å². The zero-order valence-corrected chi connectivity index (χ0v) is 11.6. The van der Waals surface area contributed by atoms with Gasteiger partial charge in [-0.05, 0) is 41.7 Å². The van der Waals surface area contributed by atoms with Gasteiger partial charge in [-0.1, -0.05) is 24.3 Å². The van der Waals surface area contributed by atoms with Gasteiger partial charge in [0, 0.05) is 25.2 Å². The second kappa shape index (κ2) is 5.62. The van der Waals surface area contributed by atoms with Crippen molar-refractivity contribution in [3.8, 4) is 0 Å². The van der Waals surface area contributed by atoms with E-state index in [1.54, 1.807) is 0 Å². The molecule has 19 heavy (non-hydrogen) atoms. The minimum Gasteiger partial charge on any atom is -0.352 e. The number of halogens is 1. The van der Waals surface area contributed by atoms with Crippen molar-refractivity contribution in [2.75, 3.05) is 11.4 Å². The zero-order chi connectivity index (χ0) is 13.1. The standard InChI is InChI=1S/C16H17ClN2/c17-11-13-7-8-18-16(10-13)19-9-3-6-14-4-1-2-5-15(14)12-19/h1-2,4-5,7-8,10H,3,6,9,11-12H2. The second-order valence-electron chi connectivity index (χ2n) is 4.95. The number of rotatable bonds is 2. The highest BCUT2D eigenvalue weighted by Crippen LogP contribution is 2.23. The van der Waals surface area contributed by atoms with Gasteiger partial charge >= 0.3 is 0 Å². The molecule has 0 fully saturated rings. The van der Waals surface area contributed by atoms with Crippen molar-refractivity contribution >= 4 is 17.4 Å². The molecular formula is C16H17ClN2. The predicted molar refractivity (Wildman–Crippen MR) is 79.6 cm³/mol. The van der Waals surface area contributed by atoms with Gasteiger partial charge in [-0.25, -0.2) is 4.98 Å². The van der Waals surface area contributed by atoms with Crippen LogP contribution in [-0.2, 0) is 18.8 Å². The molecule has 2 aromatic rings. The highest BCUT2D eigenvalue weighted by Gasteiger charge is 2.15. The number of anilines is 1. The van der Waals surface area contributed by atoms with E-state index < -0.39 is 0 Å². The SMILES string of the molecule is ClCc1ccnc(N2CCCc3ccccc3C2)c1. The lowest BCUT2D eigenvalue weighted by Gasteiger charge is -2.22. The van der Waals surface area contributed by atoms with E-state index in [2.05, 4.69) is 40.2 Å². The molecule has 0 atom stereocenters. The summed E-state index contributed by atoms with van der Waals surface area (Å²) >= 11 is 5.90. The highest BCUT2D eigenvalue weighted by atomic mass is 35.5. The first kappa shape index (κ1) is 12.5. The normalized spacial score (nSPS) is 14.9. The van der Waals surface area contributed by atoms with Gasteiger partial charge in [0.1, 0.15) is 5.82 Å². The molecule has 2 nitrogen and oxygen atoms in total. The monoisotopic (exact) mass is 272 g/mol. The lowest BCUT2D eigenvalue weighted by Crippen LogP contribution is -2.23. The minimum atomic E-state index is 0.542. The smallest absolute Gasteiger partial charge is 0.129 e. The number of alkyl halides is 1. The van der Waals surface area contributed by atoms with E-state index in [1.165, 1.54) is 17.5 Å². The molecule has 0 unspecified atom stereocenters. The maximum Gasteiger partial charge on any atom is 0.129 e. The summed E-state index contributed by atoms with van der Waals surface area (Å²) in [5.41, 5.74) is 4.01. The fraction of sp³-hybridized carbons (Fsp3) is 0.312. The maximum absolute atomic E-state index is 5.90. The van der Waals surface area contributed by atoms with Crippen LogP contribution in [0.3, 0.4) is 0 Å². The first-order valence-corrected chi connectivity index (χ1v) is 7.23. The Labute approximate surface area is 119 Å². The van der Waals surface area contributed by atoms with Crippen LogP contribution in [0.5, 0.6) is 0 Å². The Balaban J connectivity index is 1.89. The van der Waals surface area contributed by atoms with Gasteiger partial charge < -0.3 is 4.90 Å². The van der Waals surface area contributed by atoms with Crippen LogP contribution in [0, 0.1) is 0 Å². The number of benzene rings is 1. The van der Waals surface area contributed by atoms with Crippen LogP contribution in [-0.4, -0.2) is 11.5 Å². The summed E-state index contributed by atoms with van der Waals surface area (Å²) in [4.78, 5) is 6.84. The minimum absolute atomic E-state index is 0.542. The average Bonchev–Trinajstić information content (AvgIpc) is 2.69. The fourth-order valence-electron chi connectivity index (χ4n) is 2.61. The van der Waals surface area contributed by atoms with Crippen LogP contribution < -0.4 is 4.90 Å². The van der Waals surface area contributed by atoms with Crippen molar-refractivity contribution in [1.82, 2.24) is 4.98 Å². The first-order valence-electron chi connectivity index (χ1n) is 6.69. The maximum atomic E-state index is 5.90. The average molecular weight is 273 g/mol. The molecule has 0 radical (unpaired) electrons. The molecule has 3 rings (SSSR count). The van der Waals surface area contributed by atoms with Crippen LogP contribution in [0.2, 0.25) is 0 Å². The van der Waals surface area contributed by atoms with Gasteiger partial charge in [0.15, 0.2) is 0 Å². The Morgan fingerprint density at radius 2 is 2.00 bits per heavy atom. The van der Waals surface area contributed by atoms with E-state index in [0.29, 0.717) is 5.88 Å². The Kier molecular flexibility index (Phi) is 3.69. The van der Waals surface area contributed by atoms with Crippen molar-refractivity contribution < 1.29 is 0 Å². The lowest BCUT2D eigenvalue weighted by atomic mass is 10.0. The summed E-state index contributed by atoms with van der Waals surface area (Å²) < 4.78 is 0. The summed E-state index contributed by atoms with van der Waals surface area (Å²) in [6, 6.07) is 12.8. The molecule has 98 valence electrons. The van der Waals surface area contributed by atoms with E-state index >= 15 is 0 Å². The van der Waals surface area contributed by atoms with Crippen LogP contribution >= 0.6 is 11.6 Å². The van der Waals surface area contributed by atoms with Gasteiger partial charge in [-0.3, -0.25) is 0 Å². The van der Waals surface area contributed by atoms with Crippen molar-refractivity contribution in [3.05, 3.63) is 59.3 Å². The highest BCUT2D eigenvalue weighted by molar-refractivity contribution is 6.17. The Morgan fingerprint density at radius 1 is 1.16 bits per heavy atom. The third-order valence-electron chi connectivity index (χ3n) is 3.64. The van der Waals surface area contributed by atoms with Crippen LogP contribution in [0.1, 0.15) is 23.1 Å². The predicted octanol–water partition coefficient (Wildman–Crippen LogP) is 3.77. The lowest BCUT2D eigenvalue weighted by molar-refractivity contribution is 0.754. The summed E-state index contributed by atoms with van der Waals surface area (Å²) in [6.45, 7) is 1.99. The molecule has 1 aliphatic rings. The summed E-state index contributed by atoms with van der Waals surface area (Å²) in [6.07, 6.45) is 4.18. The van der Waals surface area contributed by atoms with Crippen LogP contribution in [0.4, 0.5) is 5.82 Å².